The largest absolute Gasteiger partial charge is 0.126 e. The Bertz CT molecular complexity index is 555. The van der Waals surface area contributed by atoms with Crippen LogP contribution in [-0.4, -0.2) is 4.33 Å². The first-order valence-corrected chi connectivity index (χ1v) is 7.28. The highest BCUT2D eigenvalue weighted by molar-refractivity contribution is 6.49. The maximum Gasteiger partial charge on any atom is 0.126 e. The van der Waals surface area contributed by atoms with E-state index >= 15 is 0 Å². The van der Waals surface area contributed by atoms with Crippen molar-refractivity contribution in [2.24, 2.45) is 0 Å². The molecule has 1 unspecified atom stereocenters. The van der Waals surface area contributed by atoms with E-state index in [1.807, 2.05) is 48.5 Å². The van der Waals surface area contributed by atoms with Crippen LogP contribution < -0.4 is 0 Å². The summed E-state index contributed by atoms with van der Waals surface area (Å²) >= 11 is 24.9. The third kappa shape index (κ3) is 3.58. The van der Waals surface area contributed by atoms with Crippen molar-refractivity contribution in [2.45, 2.75) is 17.2 Å². The fourth-order valence-corrected chi connectivity index (χ4v) is 2.97. The molecule has 0 amide bonds. The first kappa shape index (κ1) is 15.0. The summed E-state index contributed by atoms with van der Waals surface area (Å²) in [5.41, 5.74) is 1.88. The molecule has 2 aromatic rings. The minimum Gasteiger partial charge on any atom is -0.101 e. The van der Waals surface area contributed by atoms with Crippen LogP contribution >= 0.6 is 46.4 Å². The summed E-state index contributed by atoms with van der Waals surface area (Å²) < 4.78 is -0.973. The fraction of sp³-hybridized carbons (Fsp3) is 0.200. The molecule has 0 spiro atoms. The molecule has 0 saturated heterocycles. The van der Waals surface area contributed by atoms with Gasteiger partial charge in [0.05, 0.1) is 0 Å². The van der Waals surface area contributed by atoms with E-state index in [-0.39, 0.29) is 5.92 Å². The smallest absolute Gasteiger partial charge is 0.101 e. The molecule has 0 saturated carbocycles. The highest BCUT2D eigenvalue weighted by atomic mass is 35.5. The number of alkyl halides is 2. The molecular weight excluding hydrogens is 322 g/mol. The summed E-state index contributed by atoms with van der Waals surface area (Å²) in [5, 5.41) is 1.32. The van der Waals surface area contributed by atoms with Gasteiger partial charge in [0.25, 0.3) is 0 Å². The molecule has 0 fully saturated rings. The molecule has 0 radical (unpaired) electrons. The Kier molecular flexibility index (Phi) is 4.68. The van der Waals surface area contributed by atoms with Crippen LogP contribution in [-0.2, 0) is 0 Å². The van der Waals surface area contributed by atoms with E-state index in [4.69, 9.17) is 46.4 Å². The van der Waals surface area contributed by atoms with Gasteiger partial charge in [-0.3, -0.25) is 0 Å². The van der Waals surface area contributed by atoms with E-state index in [1.54, 1.807) is 6.92 Å². The minimum atomic E-state index is -0.973. The number of benzene rings is 2. The van der Waals surface area contributed by atoms with Gasteiger partial charge in [0.2, 0.25) is 0 Å². The number of hydrogen-bond donors (Lipinski definition) is 0. The van der Waals surface area contributed by atoms with Gasteiger partial charge in [-0.2, -0.15) is 0 Å². The van der Waals surface area contributed by atoms with Crippen LogP contribution in [0.5, 0.6) is 0 Å². The van der Waals surface area contributed by atoms with Crippen LogP contribution in [0, 0.1) is 0 Å². The van der Waals surface area contributed by atoms with Gasteiger partial charge < -0.3 is 0 Å². The zero-order valence-corrected chi connectivity index (χ0v) is 13.2. The Balaban J connectivity index is 2.55. The van der Waals surface area contributed by atoms with Crippen LogP contribution in [0.2, 0.25) is 10.0 Å². The van der Waals surface area contributed by atoms with Crippen molar-refractivity contribution in [1.82, 2.24) is 0 Å². The standard InChI is InChI=1S/C15H12Cl4/c1-15(18,19)14(10-6-8-11(16)9-7-10)12-4-2-3-5-13(12)17/h2-9,14H,1H3. The molecule has 0 N–H and O–H groups in total. The summed E-state index contributed by atoms with van der Waals surface area (Å²) in [6.45, 7) is 1.76. The van der Waals surface area contributed by atoms with E-state index in [1.165, 1.54) is 0 Å². The van der Waals surface area contributed by atoms with Crippen molar-refractivity contribution in [3.8, 4) is 0 Å². The highest BCUT2D eigenvalue weighted by Gasteiger charge is 2.33. The fourth-order valence-electron chi connectivity index (χ4n) is 2.11. The lowest BCUT2D eigenvalue weighted by molar-refractivity contribution is 0.727. The number of halogens is 4. The first-order valence-electron chi connectivity index (χ1n) is 5.77. The van der Waals surface area contributed by atoms with Gasteiger partial charge in [0, 0.05) is 16.0 Å². The lowest BCUT2D eigenvalue weighted by Crippen LogP contribution is -2.21. The van der Waals surface area contributed by atoms with Crippen LogP contribution in [0.25, 0.3) is 0 Å². The molecule has 2 rings (SSSR count). The molecule has 0 aliphatic rings. The Morgan fingerprint density at radius 3 is 2.00 bits per heavy atom. The summed E-state index contributed by atoms with van der Waals surface area (Å²) in [7, 11) is 0. The molecule has 0 heterocycles. The SMILES string of the molecule is CC(Cl)(Cl)C(c1ccc(Cl)cc1)c1ccccc1Cl. The zero-order chi connectivity index (χ0) is 14.0. The Morgan fingerprint density at radius 2 is 1.47 bits per heavy atom. The second-order valence-corrected chi connectivity index (χ2v) is 7.07. The summed E-state index contributed by atoms with van der Waals surface area (Å²) in [6.07, 6.45) is 0. The van der Waals surface area contributed by atoms with E-state index in [0.29, 0.717) is 10.0 Å². The second-order valence-electron chi connectivity index (χ2n) is 4.46. The summed E-state index contributed by atoms with van der Waals surface area (Å²) in [6, 6.07) is 15.0. The van der Waals surface area contributed by atoms with Gasteiger partial charge in [0.1, 0.15) is 4.33 Å². The maximum atomic E-state index is 6.35. The van der Waals surface area contributed by atoms with Gasteiger partial charge in [-0.15, -0.1) is 23.2 Å². The molecule has 4 heteroatoms. The van der Waals surface area contributed by atoms with Gasteiger partial charge in [0.15, 0.2) is 0 Å². The molecule has 0 aromatic heterocycles. The molecule has 0 aliphatic carbocycles. The second kappa shape index (κ2) is 5.93. The van der Waals surface area contributed by atoms with Crippen LogP contribution in [0.15, 0.2) is 48.5 Å². The average Bonchev–Trinajstić information content (AvgIpc) is 2.33. The number of rotatable bonds is 3. The first-order chi connectivity index (χ1) is 8.89. The molecule has 0 bridgehead atoms. The third-order valence-electron chi connectivity index (χ3n) is 2.93. The normalized spacial score (nSPS) is 13.3. The van der Waals surface area contributed by atoms with Crippen LogP contribution in [0.4, 0.5) is 0 Å². The van der Waals surface area contributed by atoms with E-state index in [0.717, 1.165) is 11.1 Å². The molecule has 19 heavy (non-hydrogen) atoms. The molecular formula is C15H12Cl4. The summed E-state index contributed by atoms with van der Waals surface area (Å²) in [5.74, 6) is -0.221. The topological polar surface area (TPSA) is 0 Å². The van der Waals surface area contributed by atoms with Crippen molar-refractivity contribution < 1.29 is 0 Å². The quantitative estimate of drug-likeness (QED) is 0.576. The van der Waals surface area contributed by atoms with Crippen molar-refractivity contribution >= 4 is 46.4 Å². The van der Waals surface area contributed by atoms with Crippen LogP contribution in [0.3, 0.4) is 0 Å². The van der Waals surface area contributed by atoms with E-state index in [9.17, 15) is 0 Å². The monoisotopic (exact) mass is 332 g/mol. The predicted octanol–water partition coefficient (Wildman–Crippen LogP) is 6.32. The van der Waals surface area contributed by atoms with E-state index < -0.39 is 4.33 Å². The minimum absolute atomic E-state index is 0.221. The van der Waals surface area contributed by atoms with E-state index in [2.05, 4.69) is 0 Å². The molecule has 2 aromatic carbocycles. The summed E-state index contributed by atoms with van der Waals surface area (Å²) in [4.78, 5) is 0. The van der Waals surface area contributed by atoms with Gasteiger partial charge >= 0.3 is 0 Å². The Hall–Kier alpha value is -0.400. The highest BCUT2D eigenvalue weighted by Crippen LogP contribution is 2.44. The van der Waals surface area contributed by atoms with Gasteiger partial charge in [-0.25, -0.2) is 0 Å². The van der Waals surface area contributed by atoms with Gasteiger partial charge in [-0.05, 0) is 36.2 Å². The molecule has 0 nitrogen and oxygen atoms in total. The third-order valence-corrected chi connectivity index (χ3v) is 3.96. The van der Waals surface area contributed by atoms with Crippen molar-refractivity contribution in [3.63, 3.8) is 0 Å². The molecule has 0 aliphatic heterocycles. The lowest BCUT2D eigenvalue weighted by Gasteiger charge is -2.28. The van der Waals surface area contributed by atoms with Crippen molar-refractivity contribution in [2.75, 3.05) is 0 Å². The van der Waals surface area contributed by atoms with Crippen molar-refractivity contribution in [1.29, 1.82) is 0 Å². The average molecular weight is 334 g/mol. The number of hydrogen-bond acceptors (Lipinski definition) is 0. The Labute approximate surface area is 133 Å². The maximum absolute atomic E-state index is 6.35. The zero-order valence-electron chi connectivity index (χ0n) is 10.2. The van der Waals surface area contributed by atoms with Crippen LogP contribution in [0.1, 0.15) is 24.0 Å². The molecule has 100 valence electrons. The molecule has 1 atom stereocenters. The lowest BCUT2D eigenvalue weighted by atomic mass is 9.88. The Morgan fingerprint density at radius 1 is 0.895 bits per heavy atom. The predicted molar refractivity (Wildman–Crippen MR) is 84.9 cm³/mol. The van der Waals surface area contributed by atoms with Gasteiger partial charge in [-0.1, -0.05) is 53.5 Å². The van der Waals surface area contributed by atoms with Crippen molar-refractivity contribution in [3.05, 3.63) is 69.7 Å².